The minimum absolute atomic E-state index is 0.0386. The molecule has 10 bridgehead atoms. The third-order valence-electron chi connectivity index (χ3n) is 31.7. The Morgan fingerprint density at radius 2 is 0.424 bits per heavy atom. The maximum absolute atomic E-state index is 18.3. The maximum Gasteiger partial charge on any atom is 0.319 e. The zero-order valence-electron chi connectivity index (χ0n) is 47.8. The lowest BCUT2D eigenvalue weighted by atomic mass is 9.66. The van der Waals surface area contributed by atoms with Gasteiger partial charge in [-0.2, -0.15) is 0 Å². The van der Waals surface area contributed by atoms with Gasteiger partial charge in [-0.05, 0) is 326 Å². The van der Waals surface area contributed by atoms with Gasteiger partial charge in [-0.15, -0.1) is 0 Å². The highest BCUT2D eigenvalue weighted by Gasteiger charge is 3.01. The molecule has 92 heavy (non-hydrogen) atoms. The van der Waals surface area contributed by atoms with E-state index in [1.807, 2.05) is 12.1 Å². The van der Waals surface area contributed by atoms with Crippen molar-refractivity contribution in [2.24, 2.45) is 0 Å². The molecule has 27 aromatic rings. The molecule has 14 aliphatic rings. The molecule has 4 spiro atoms. The Morgan fingerprint density at radius 1 is 0.250 bits per heavy atom. The highest BCUT2D eigenvalue weighted by atomic mass is 16.5. The summed E-state index contributed by atoms with van der Waals surface area (Å²) < 4.78 is 27.9. The molecule has 0 N–H and O–H groups in total. The zero-order chi connectivity index (χ0) is 56.7. The van der Waals surface area contributed by atoms with Crippen LogP contribution in [-0.2, 0) is 64.8 Å². The summed E-state index contributed by atoms with van der Waals surface area (Å²) in [7, 11) is 3.39. The molecule has 41 rings (SSSR count). The van der Waals surface area contributed by atoms with Crippen molar-refractivity contribution in [1.29, 1.82) is 0 Å². The van der Waals surface area contributed by atoms with Crippen molar-refractivity contribution < 1.29 is 28.5 Å². The molecule has 4 heterocycles. The Bertz CT molecular complexity index is 8360. The van der Waals surface area contributed by atoms with Gasteiger partial charge in [-0.3, -0.25) is 9.59 Å². The van der Waals surface area contributed by atoms with Gasteiger partial charge in [-0.1, -0.05) is 60.7 Å². The van der Waals surface area contributed by atoms with Crippen LogP contribution in [0.25, 0.3) is 259 Å². The van der Waals surface area contributed by atoms with E-state index in [4.69, 9.17) is 18.9 Å². The molecule has 6 nitrogen and oxygen atoms in total. The molecule has 0 radical (unpaired) electrons. The number of benzene rings is 19. The van der Waals surface area contributed by atoms with E-state index in [-0.39, 0.29) is 25.2 Å². The van der Waals surface area contributed by atoms with Gasteiger partial charge in [0.1, 0.15) is 35.5 Å². The number of rotatable bonds is 4. The van der Waals surface area contributed by atoms with E-state index in [9.17, 15) is 0 Å². The first-order valence-electron chi connectivity index (χ1n) is 33.3. The van der Waals surface area contributed by atoms with Gasteiger partial charge in [0.05, 0.1) is 35.9 Å². The summed E-state index contributed by atoms with van der Waals surface area (Å²) in [5, 5.41) is 69.8. The van der Waals surface area contributed by atoms with E-state index in [1.54, 1.807) is 14.2 Å². The summed E-state index contributed by atoms with van der Waals surface area (Å²) in [5.74, 6) is 0.786. The van der Waals surface area contributed by atoms with Crippen LogP contribution in [0.2, 0.25) is 0 Å². The Morgan fingerprint density at radius 3 is 0.620 bits per heavy atom. The number of carbonyl (C=O) groups is 2. The van der Waals surface area contributed by atoms with Gasteiger partial charge in [0.15, 0.2) is 0 Å². The maximum atomic E-state index is 18.3. The lowest BCUT2D eigenvalue weighted by Gasteiger charge is -2.33. The van der Waals surface area contributed by atoms with E-state index in [1.165, 1.54) is 303 Å². The lowest BCUT2D eigenvalue weighted by Crippen LogP contribution is -2.34. The second kappa shape index (κ2) is 9.02. The molecule has 6 atom stereocenters. The summed E-state index contributed by atoms with van der Waals surface area (Å²) in [6.07, 6.45) is 0. The summed E-state index contributed by atoms with van der Waals surface area (Å²) in [5.41, 5.74) is 8.45. The molecule has 10 aliphatic carbocycles. The predicted molar refractivity (Wildman–Crippen MR) is 362 cm³/mol. The summed E-state index contributed by atoms with van der Waals surface area (Å²) in [6, 6.07) is 26.4. The Balaban J connectivity index is 0.978. The van der Waals surface area contributed by atoms with Gasteiger partial charge < -0.3 is 18.9 Å². The molecule has 2 saturated carbocycles. The molecule has 0 amide bonds. The number of esters is 2. The fourth-order valence-electron chi connectivity index (χ4n) is 31.5. The standard InChI is InChI=1S/C86H22O6/c1-89-21-13-18-16-92-80(88)82(20-11-7-4-8-12-20)84-72-56-45-34-27-26-30-23-24-29-25-28(23)39-48-37(30)44-33(26)35-36(34)47-43-46(35)57-55(44)71-59(48)61-50(39)41-32(25)42-51-40(29)49(38(45)31(24)27)60(72)62(51)74-64-53(42)52(41)63-67-68(64)78(86(74,82)84)70-66(76(84)58(47)56)54(43)65-69(70)77(67)85(73(61)63)81(83(71,85)75(57)65,19-9-5-3-6-10-19)79(87)91-15-17(21)14-22(18)90-2/h3-14H,15-16H2,1-2H3/t81-,82+,83?,84?,85?,86?. The van der Waals surface area contributed by atoms with Gasteiger partial charge in [0, 0.05) is 11.1 Å². The molecule has 2 fully saturated rings. The van der Waals surface area contributed by atoms with E-state index in [0.717, 1.165) is 11.1 Å². The van der Waals surface area contributed by atoms with Crippen molar-refractivity contribution in [2.75, 3.05) is 14.2 Å². The van der Waals surface area contributed by atoms with Crippen LogP contribution in [-0.4, -0.2) is 26.2 Å². The van der Waals surface area contributed by atoms with Crippen LogP contribution in [0.3, 0.4) is 0 Å². The van der Waals surface area contributed by atoms with Crippen molar-refractivity contribution in [3.05, 3.63) is 140 Å². The van der Waals surface area contributed by atoms with Crippen molar-refractivity contribution in [3.8, 4) is 11.5 Å². The summed E-state index contributed by atoms with van der Waals surface area (Å²) in [6.45, 7) is -0.0771. The Hall–Kier alpha value is -11.1. The molecule has 4 unspecified atom stereocenters. The minimum atomic E-state index is -1.27. The normalized spacial score (nSPS) is 27.6. The van der Waals surface area contributed by atoms with E-state index in [0.29, 0.717) is 22.6 Å². The predicted octanol–water partition coefficient (Wildman–Crippen LogP) is 18.6. The van der Waals surface area contributed by atoms with Gasteiger partial charge >= 0.3 is 11.9 Å². The smallest absolute Gasteiger partial charge is 0.319 e. The molecule has 0 aromatic heterocycles. The Kier molecular flexibility index (Phi) is 3.71. The molecule has 402 valence electrons. The fraction of sp³-hybridized carbons (Fsp3) is 0.116. The van der Waals surface area contributed by atoms with Gasteiger partial charge in [0.2, 0.25) is 0 Å². The first-order chi connectivity index (χ1) is 45.6. The molecule has 6 heteroatoms. The van der Waals surface area contributed by atoms with Gasteiger partial charge in [0.25, 0.3) is 0 Å². The van der Waals surface area contributed by atoms with Crippen LogP contribution in [0, 0.1) is 0 Å². The highest BCUT2D eigenvalue weighted by Crippen LogP contribution is 3.00. The second-order valence-electron chi connectivity index (χ2n) is 31.9. The quantitative estimate of drug-likeness (QED) is 0.129. The largest absolute Gasteiger partial charge is 0.496 e. The van der Waals surface area contributed by atoms with Crippen LogP contribution in [0.15, 0.2) is 72.8 Å². The lowest BCUT2D eigenvalue weighted by molar-refractivity contribution is -0.150. The Labute approximate surface area is 507 Å². The average Bonchev–Trinajstić information content (AvgIpc) is 1.35. The van der Waals surface area contributed by atoms with Crippen molar-refractivity contribution in [3.63, 3.8) is 0 Å². The number of methoxy groups -OCH3 is 2. The first-order valence-corrected chi connectivity index (χ1v) is 33.3. The molecular weight excluding hydrogens is 1130 g/mol. The van der Waals surface area contributed by atoms with E-state index < -0.39 is 32.5 Å². The molecule has 27 aromatic carbocycles. The van der Waals surface area contributed by atoms with Crippen LogP contribution < -0.4 is 9.47 Å². The zero-order valence-corrected chi connectivity index (χ0v) is 47.8. The van der Waals surface area contributed by atoms with E-state index in [2.05, 4.69) is 60.7 Å². The fourth-order valence-corrected chi connectivity index (χ4v) is 31.5. The summed E-state index contributed by atoms with van der Waals surface area (Å²) >= 11 is 0. The first kappa shape index (κ1) is 37.8. The average molecular weight is 1150 g/mol. The third-order valence-corrected chi connectivity index (χ3v) is 31.7. The van der Waals surface area contributed by atoms with Crippen LogP contribution >= 0.6 is 0 Å². The third kappa shape index (κ3) is 2.11. The van der Waals surface area contributed by atoms with Crippen molar-refractivity contribution in [2.45, 2.75) is 45.7 Å². The monoisotopic (exact) mass is 1150 g/mol. The molecule has 0 saturated heterocycles. The minimum Gasteiger partial charge on any atom is -0.496 e. The molecule has 4 aliphatic heterocycles. The van der Waals surface area contributed by atoms with Crippen molar-refractivity contribution in [1.82, 2.24) is 0 Å². The molecular formula is C86H22O6. The topological polar surface area (TPSA) is 71.1 Å². The number of hydrogen-bond donors (Lipinski definition) is 0. The van der Waals surface area contributed by atoms with Crippen LogP contribution in [0.1, 0.15) is 66.8 Å². The number of carbonyl (C=O) groups excluding carboxylic acids is 2. The highest BCUT2D eigenvalue weighted by molar-refractivity contribution is 6.79. The SMILES string of the molecule is COc1cc2c(OC)cc1COC(=O)[C@]1(c3ccccc3)C34c5c6c7c8c9c5c5c3c3c%10c%11c%12c%13c(c6c6c7c7c%14c%15c%16c%17c%18c(c9c9c5c5c3c3c%10c%10c%12c%12c%19c%13c6c%14c%19c6c%15c%13c%17c%14c%18c9c5c5c3c3c%10c%12c6c%13c3c%145)C83C7%16[C@@]3(c3ccccc3)C(=O)OC2)C%1141. The number of hydrogen-bond acceptors (Lipinski definition) is 6. The second-order valence-corrected chi connectivity index (χ2v) is 31.9. The summed E-state index contributed by atoms with van der Waals surface area (Å²) in [4.78, 5) is 36.5. The number of ether oxygens (including phenoxy) is 4. The van der Waals surface area contributed by atoms with Crippen LogP contribution in [0.5, 0.6) is 11.5 Å². The van der Waals surface area contributed by atoms with Crippen LogP contribution in [0.4, 0.5) is 0 Å². The van der Waals surface area contributed by atoms with Gasteiger partial charge in [-0.25, -0.2) is 0 Å². The van der Waals surface area contributed by atoms with Crippen molar-refractivity contribution >= 4 is 270 Å². The van der Waals surface area contributed by atoms with E-state index >= 15 is 9.59 Å².